The van der Waals surface area contributed by atoms with Crippen LogP contribution >= 0.6 is 0 Å². The first-order valence-electron chi connectivity index (χ1n) is 12.1. The number of unbranched alkanes of at least 4 members (excludes halogenated alkanes) is 3. The second kappa shape index (κ2) is 13.0. The number of carbonyl (C=O) groups excluding carboxylic acids is 1. The van der Waals surface area contributed by atoms with Gasteiger partial charge in [-0.25, -0.2) is 4.98 Å². The number of aromatic nitrogens is 2. The molecule has 1 heterocycles. The molecule has 1 atom stereocenters. The summed E-state index contributed by atoms with van der Waals surface area (Å²) in [7, 11) is 3.18. The molecule has 0 bridgehead atoms. The van der Waals surface area contributed by atoms with Gasteiger partial charge in [-0.15, -0.1) is 0 Å². The number of benzene rings is 2. The van der Waals surface area contributed by atoms with Crippen molar-refractivity contribution in [3.05, 3.63) is 70.3 Å². The maximum absolute atomic E-state index is 13.7. The van der Waals surface area contributed by atoms with E-state index in [1.54, 1.807) is 48.0 Å². The SMILES string of the molecule is COCCn1c(C(C)N(CCCCCCN)C(=O)c2cccc(OC)c2)nc2ccccc2c1=O. The summed E-state index contributed by atoms with van der Waals surface area (Å²) in [5.74, 6) is 1.03. The van der Waals surface area contributed by atoms with Crippen molar-refractivity contribution >= 4 is 16.8 Å². The fraction of sp³-hybridized carbons (Fsp3) is 0.444. The molecule has 188 valence electrons. The Morgan fingerprint density at radius 3 is 2.60 bits per heavy atom. The number of carbonyl (C=O) groups is 1. The van der Waals surface area contributed by atoms with Gasteiger partial charge in [0, 0.05) is 19.2 Å². The number of fused-ring (bicyclic) bond motifs is 1. The molecule has 0 saturated carbocycles. The maximum Gasteiger partial charge on any atom is 0.261 e. The highest BCUT2D eigenvalue weighted by Gasteiger charge is 2.27. The van der Waals surface area contributed by atoms with Crippen molar-refractivity contribution in [2.75, 3.05) is 33.9 Å². The van der Waals surface area contributed by atoms with Crippen LogP contribution in [0.5, 0.6) is 5.75 Å². The van der Waals surface area contributed by atoms with Gasteiger partial charge in [-0.2, -0.15) is 0 Å². The molecule has 3 rings (SSSR count). The summed E-state index contributed by atoms with van der Waals surface area (Å²) in [4.78, 5) is 33.8. The van der Waals surface area contributed by atoms with E-state index in [1.807, 2.05) is 31.2 Å². The zero-order valence-corrected chi connectivity index (χ0v) is 20.9. The van der Waals surface area contributed by atoms with Crippen molar-refractivity contribution in [3.63, 3.8) is 0 Å². The standard InChI is InChI=1S/C27H36N4O4/c1-20(25-29-24-14-7-6-13-23(24)27(33)31(25)17-18-34-2)30(16-9-5-4-8-15-28)26(32)21-11-10-12-22(19-21)35-3/h6-7,10-14,19-20H,4-5,8-9,15-18,28H2,1-3H3. The van der Waals surface area contributed by atoms with Gasteiger partial charge in [0.2, 0.25) is 0 Å². The molecule has 0 spiro atoms. The lowest BCUT2D eigenvalue weighted by Crippen LogP contribution is -2.39. The third kappa shape index (κ3) is 6.46. The number of ether oxygens (including phenoxy) is 2. The Hall–Kier alpha value is -3.23. The van der Waals surface area contributed by atoms with Crippen molar-refractivity contribution in [1.82, 2.24) is 14.5 Å². The van der Waals surface area contributed by atoms with E-state index in [0.717, 1.165) is 25.7 Å². The Bertz CT molecular complexity index is 1180. The third-order valence-corrected chi connectivity index (χ3v) is 6.18. The number of para-hydroxylation sites is 1. The molecule has 0 aliphatic rings. The van der Waals surface area contributed by atoms with E-state index in [2.05, 4.69) is 0 Å². The average molecular weight is 481 g/mol. The Balaban J connectivity index is 2.03. The molecule has 0 radical (unpaired) electrons. The summed E-state index contributed by atoms with van der Waals surface area (Å²) in [6.07, 6.45) is 3.77. The number of amides is 1. The van der Waals surface area contributed by atoms with Crippen molar-refractivity contribution in [2.45, 2.75) is 45.2 Å². The van der Waals surface area contributed by atoms with Crippen LogP contribution in [0.2, 0.25) is 0 Å². The average Bonchev–Trinajstić information content (AvgIpc) is 2.89. The Morgan fingerprint density at radius 1 is 1.09 bits per heavy atom. The first-order chi connectivity index (χ1) is 17.0. The Labute approximate surface area is 206 Å². The van der Waals surface area contributed by atoms with Crippen molar-refractivity contribution in [1.29, 1.82) is 0 Å². The summed E-state index contributed by atoms with van der Waals surface area (Å²) in [5, 5.41) is 0.548. The molecule has 2 N–H and O–H groups in total. The summed E-state index contributed by atoms with van der Waals surface area (Å²) in [6.45, 7) is 3.84. The molecule has 35 heavy (non-hydrogen) atoms. The van der Waals surface area contributed by atoms with E-state index in [-0.39, 0.29) is 11.5 Å². The highest BCUT2D eigenvalue weighted by molar-refractivity contribution is 5.95. The molecular weight excluding hydrogens is 444 g/mol. The van der Waals surface area contributed by atoms with Crippen LogP contribution in [0, 0.1) is 0 Å². The van der Waals surface area contributed by atoms with Crippen LogP contribution in [0.15, 0.2) is 53.3 Å². The zero-order chi connectivity index (χ0) is 25.2. The number of methoxy groups -OCH3 is 2. The lowest BCUT2D eigenvalue weighted by molar-refractivity contribution is 0.0672. The smallest absolute Gasteiger partial charge is 0.261 e. The predicted octanol–water partition coefficient (Wildman–Crippen LogP) is 3.77. The van der Waals surface area contributed by atoms with Gasteiger partial charge in [0.1, 0.15) is 11.6 Å². The summed E-state index contributed by atoms with van der Waals surface area (Å²) >= 11 is 0. The fourth-order valence-corrected chi connectivity index (χ4v) is 4.22. The number of hydrogen-bond donors (Lipinski definition) is 1. The summed E-state index contributed by atoms with van der Waals surface area (Å²) < 4.78 is 12.2. The monoisotopic (exact) mass is 480 g/mol. The van der Waals surface area contributed by atoms with Crippen LogP contribution < -0.4 is 16.0 Å². The fourth-order valence-electron chi connectivity index (χ4n) is 4.22. The number of nitrogens with two attached hydrogens (primary N) is 1. The van der Waals surface area contributed by atoms with E-state index < -0.39 is 6.04 Å². The van der Waals surface area contributed by atoms with Crippen LogP contribution in [-0.2, 0) is 11.3 Å². The van der Waals surface area contributed by atoms with Crippen molar-refractivity contribution < 1.29 is 14.3 Å². The van der Waals surface area contributed by atoms with Gasteiger partial charge < -0.3 is 20.1 Å². The Morgan fingerprint density at radius 2 is 1.86 bits per heavy atom. The molecule has 0 fully saturated rings. The van der Waals surface area contributed by atoms with Crippen LogP contribution in [0.1, 0.15) is 54.8 Å². The van der Waals surface area contributed by atoms with Gasteiger partial charge in [-0.05, 0) is 56.6 Å². The normalized spacial score (nSPS) is 12.0. The van der Waals surface area contributed by atoms with Crippen LogP contribution in [0.4, 0.5) is 0 Å². The van der Waals surface area contributed by atoms with Gasteiger partial charge in [-0.3, -0.25) is 14.2 Å². The van der Waals surface area contributed by atoms with Crippen LogP contribution in [0.25, 0.3) is 10.9 Å². The second-order valence-electron chi connectivity index (χ2n) is 8.55. The minimum absolute atomic E-state index is 0.129. The predicted molar refractivity (Wildman–Crippen MR) is 138 cm³/mol. The highest BCUT2D eigenvalue weighted by atomic mass is 16.5. The summed E-state index contributed by atoms with van der Waals surface area (Å²) in [5.41, 5.74) is 6.65. The van der Waals surface area contributed by atoms with E-state index in [9.17, 15) is 9.59 Å². The third-order valence-electron chi connectivity index (χ3n) is 6.18. The Kier molecular flexibility index (Phi) is 9.81. The maximum atomic E-state index is 13.7. The molecule has 0 aliphatic heterocycles. The van der Waals surface area contributed by atoms with Crippen molar-refractivity contribution in [2.24, 2.45) is 5.73 Å². The molecule has 1 aromatic heterocycles. The molecule has 2 aromatic carbocycles. The first-order valence-corrected chi connectivity index (χ1v) is 12.1. The molecule has 8 nitrogen and oxygen atoms in total. The second-order valence-corrected chi connectivity index (χ2v) is 8.55. The van der Waals surface area contributed by atoms with Crippen LogP contribution in [0.3, 0.4) is 0 Å². The van der Waals surface area contributed by atoms with Gasteiger partial charge in [0.05, 0.1) is 37.2 Å². The zero-order valence-electron chi connectivity index (χ0n) is 20.9. The molecule has 1 amide bonds. The number of nitrogens with zero attached hydrogens (tertiary/aromatic N) is 3. The molecule has 0 saturated heterocycles. The minimum Gasteiger partial charge on any atom is -0.497 e. The van der Waals surface area contributed by atoms with Crippen LogP contribution in [-0.4, -0.2) is 54.3 Å². The molecule has 0 aliphatic carbocycles. The highest BCUT2D eigenvalue weighted by Crippen LogP contribution is 2.24. The quantitative estimate of drug-likeness (QED) is 0.374. The number of rotatable bonds is 13. The minimum atomic E-state index is -0.433. The van der Waals surface area contributed by atoms with E-state index in [1.165, 1.54) is 0 Å². The first kappa shape index (κ1) is 26.4. The van der Waals surface area contributed by atoms with E-state index in [4.69, 9.17) is 20.2 Å². The lowest BCUT2D eigenvalue weighted by Gasteiger charge is -2.31. The molecule has 8 heteroatoms. The van der Waals surface area contributed by atoms with Gasteiger partial charge in [0.15, 0.2) is 0 Å². The van der Waals surface area contributed by atoms with Gasteiger partial charge >= 0.3 is 0 Å². The number of hydrogen-bond acceptors (Lipinski definition) is 6. The van der Waals surface area contributed by atoms with Gasteiger partial charge in [0.25, 0.3) is 11.5 Å². The topological polar surface area (TPSA) is 99.7 Å². The van der Waals surface area contributed by atoms with E-state index in [0.29, 0.717) is 54.3 Å². The van der Waals surface area contributed by atoms with Gasteiger partial charge in [-0.1, -0.05) is 31.0 Å². The van der Waals surface area contributed by atoms with E-state index >= 15 is 0 Å². The summed E-state index contributed by atoms with van der Waals surface area (Å²) in [6, 6.07) is 14.0. The molecular formula is C27H36N4O4. The molecule has 3 aromatic rings. The van der Waals surface area contributed by atoms with Crippen molar-refractivity contribution in [3.8, 4) is 5.75 Å². The largest absolute Gasteiger partial charge is 0.497 e. The lowest BCUT2D eigenvalue weighted by atomic mass is 10.1. The molecule has 1 unspecified atom stereocenters.